The highest BCUT2D eigenvalue weighted by Crippen LogP contribution is 2.29. The zero-order chi connectivity index (χ0) is 15.0. The molecule has 19 heavy (non-hydrogen) atoms. The highest BCUT2D eigenvalue weighted by Gasteiger charge is 2.11. The van der Waals surface area contributed by atoms with Crippen LogP contribution in [0, 0.1) is 5.82 Å². The van der Waals surface area contributed by atoms with Crippen molar-refractivity contribution in [2.24, 2.45) is 11.7 Å². The predicted molar refractivity (Wildman–Crippen MR) is 74.7 cm³/mol. The van der Waals surface area contributed by atoms with Gasteiger partial charge in [-0.3, -0.25) is 9.80 Å². The quantitative estimate of drug-likeness (QED) is 0.243. The first-order valence-corrected chi connectivity index (χ1v) is 6.48. The number of anilines is 1. The molecule has 6 nitrogen and oxygen atoms in total. The Morgan fingerprint density at radius 3 is 2.26 bits per heavy atom. The van der Waals surface area contributed by atoms with E-state index in [0.717, 1.165) is 5.01 Å². The molecule has 0 aliphatic heterocycles. The van der Waals surface area contributed by atoms with Gasteiger partial charge in [-0.2, -0.15) is 0 Å². The lowest BCUT2D eigenvalue weighted by Gasteiger charge is -2.18. The molecule has 0 radical (unpaired) electrons. The Morgan fingerprint density at radius 1 is 1.42 bits per heavy atom. The highest BCUT2D eigenvalue weighted by molar-refractivity contribution is 7.98. The van der Waals surface area contributed by atoms with Gasteiger partial charge in [-0.1, -0.05) is 0 Å². The number of carbonyl (C=O) groups excluding carboxylic acids is 1. The van der Waals surface area contributed by atoms with Crippen LogP contribution in [0.2, 0.25) is 0 Å². The van der Waals surface area contributed by atoms with Crippen molar-refractivity contribution in [3.05, 3.63) is 23.5 Å². The number of thioether (sulfide) groups is 1. The van der Waals surface area contributed by atoms with Crippen LogP contribution >= 0.6 is 11.8 Å². The number of nitrogens with two attached hydrogens (primary N) is 2. The summed E-state index contributed by atoms with van der Waals surface area (Å²) in [4.78, 5) is 10.0. The van der Waals surface area contributed by atoms with Crippen molar-refractivity contribution < 1.29 is 14.3 Å². The SMILES string of the molecule is CN(N)C=O.CSc1cc(F)cc(N(C)N)c1CO. The number of hydrogen-bond acceptors (Lipinski definition) is 6. The van der Waals surface area contributed by atoms with Gasteiger partial charge in [-0.15, -0.1) is 11.8 Å². The second kappa shape index (κ2) is 8.70. The maximum absolute atomic E-state index is 13.1. The molecule has 0 aromatic heterocycles. The molecule has 0 saturated carbocycles. The van der Waals surface area contributed by atoms with E-state index in [4.69, 9.17) is 16.8 Å². The Bertz CT molecular complexity index is 416. The Balaban J connectivity index is 0.000000555. The van der Waals surface area contributed by atoms with Gasteiger partial charge in [-0.25, -0.2) is 16.1 Å². The summed E-state index contributed by atoms with van der Waals surface area (Å²) >= 11 is 1.38. The summed E-state index contributed by atoms with van der Waals surface area (Å²) in [6.45, 7) is -0.146. The van der Waals surface area contributed by atoms with Gasteiger partial charge >= 0.3 is 0 Å². The van der Waals surface area contributed by atoms with Gasteiger partial charge in [0.1, 0.15) is 5.82 Å². The van der Waals surface area contributed by atoms with E-state index in [1.165, 1.54) is 36.0 Å². The Labute approximate surface area is 116 Å². The third-order valence-electron chi connectivity index (χ3n) is 2.07. The molecule has 1 aromatic rings. The Kier molecular flexibility index (Phi) is 8.08. The lowest BCUT2D eigenvalue weighted by Crippen LogP contribution is -2.26. The standard InChI is InChI=1S/C9H13FN2OS.C2H6N2O/c1-12(11)8-3-6(10)4-9(14-2)7(8)5-13;1-4(3)2-5/h3-4,13H,5,11H2,1-2H3;2H,3H2,1H3. The van der Waals surface area contributed by atoms with Crippen LogP contribution in [0.25, 0.3) is 0 Å². The van der Waals surface area contributed by atoms with Gasteiger partial charge in [0, 0.05) is 24.6 Å². The number of hydrogen-bond donors (Lipinski definition) is 3. The van der Waals surface area contributed by atoms with Gasteiger partial charge in [-0.05, 0) is 18.4 Å². The van der Waals surface area contributed by atoms with Crippen LogP contribution in [0.5, 0.6) is 0 Å². The van der Waals surface area contributed by atoms with Crippen LogP contribution in [0.1, 0.15) is 5.56 Å². The van der Waals surface area contributed by atoms with E-state index in [1.54, 1.807) is 7.05 Å². The summed E-state index contributed by atoms with van der Waals surface area (Å²) < 4.78 is 13.1. The van der Waals surface area contributed by atoms with Crippen molar-refractivity contribution in [2.45, 2.75) is 11.5 Å². The van der Waals surface area contributed by atoms with Crippen molar-refractivity contribution in [1.29, 1.82) is 0 Å². The minimum Gasteiger partial charge on any atom is -0.392 e. The fraction of sp³-hybridized carbons (Fsp3) is 0.364. The molecule has 0 bridgehead atoms. The molecule has 8 heteroatoms. The third-order valence-corrected chi connectivity index (χ3v) is 2.88. The zero-order valence-corrected chi connectivity index (χ0v) is 11.9. The van der Waals surface area contributed by atoms with Crippen LogP contribution in [0.3, 0.4) is 0 Å². The molecule has 1 amide bonds. The average molecular weight is 290 g/mol. The predicted octanol–water partition coefficient (Wildman–Crippen LogP) is 0.298. The van der Waals surface area contributed by atoms with Crippen molar-refractivity contribution in [3.63, 3.8) is 0 Å². The summed E-state index contributed by atoms with van der Waals surface area (Å²) in [5, 5.41) is 11.4. The van der Waals surface area contributed by atoms with Crippen molar-refractivity contribution in [1.82, 2.24) is 5.01 Å². The number of aliphatic hydroxyl groups excluding tert-OH is 1. The largest absolute Gasteiger partial charge is 0.392 e. The number of hydrazine groups is 2. The maximum Gasteiger partial charge on any atom is 0.223 e. The maximum atomic E-state index is 13.1. The monoisotopic (exact) mass is 290 g/mol. The third kappa shape index (κ3) is 5.88. The van der Waals surface area contributed by atoms with Gasteiger partial charge < -0.3 is 10.1 Å². The van der Waals surface area contributed by atoms with Crippen molar-refractivity contribution >= 4 is 23.9 Å². The van der Waals surface area contributed by atoms with E-state index in [2.05, 4.69) is 0 Å². The van der Waals surface area contributed by atoms with E-state index in [1.807, 2.05) is 6.26 Å². The second-order valence-electron chi connectivity index (χ2n) is 3.65. The van der Waals surface area contributed by atoms with E-state index >= 15 is 0 Å². The summed E-state index contributed by atoms with van der Waals surface area (Å²) in [5.74, 6) is 9.94. The topological polar surface area (TPSA) is 95.8 Å². The van der Waals surface area contributed by atoms with E-state index in [9.17, 15) is 9.18 Å². The molecule has 108 valence electrons. The molecule has 0 heterocycles. The highest BCUT2D eigenvalue weighted by atomic mass is 32.2. The molecular weight excluding hydrogens is 271 g/mol. The molecule has 5 N–H and O–H groups in total. The number of nitrogens with zero attached hydrogens (tertiary/aromatic N) is 2. The fourth-order valence-corrected chi connectivity index (χ4v) is 1.90. The number of benzene rings is 1. The summed E-state index contributed by atoms with van der Waals surface area (Å²) in [7, 11) is 3.07. The van der Waals surface area contributed by atoms with Crippen molar-refractivity contribution in [2.75, 3.05) is 25.4 Å². The lowest BCUT2D eigenvalue weighted by atomic mass is 10.2. The first-order chi connectivity index (χ1) is 8.87. The smallest absolute Gasteiger partial charge is 0.223 e. The van der Waals surface area contributed by atoms with Crippen LogP contribution in [-0.2, 0) is 11.4 Å². The molecule has 0 fully saturated rings. The van der Waals surface area contributed by atoms with Crippen LogP contribution in [0.4, 0.5) is 10.1 Å². The lowest BCUT2D eigenvalue weighted by molar-refractivity contribution is -0.117. The molecule has 0 atom stereocenters. The number of rotatable bonds is 4. The number of aliphatic hydroxyl groups is 1. The molecule has 0 aliphatic carbocycles. The molecule has 1 aromatic carbocycles. The minimum atomic E-state index is -0.348. The van der Waals surface area contributed by atoms with E-state index in [0.29, 0.717) is 22.6 Å². The average Bonchev–Trinajstić information content (AvgIpc) is 2.38. The number of amides is 1. The van der Waals surface area contributed by atoms with Crippen LogP contribution in [0.15, 0.2) is 17.0 Å². The van der Waals surface area contributed by atoms with Crippen LogP contribution in [-0.4, -0.2) is 36.9 Å². The molecule has 0 spiro atoms. The first kappa shape index (κ1) is 17.6. The van der Waals surface area contributed by atoms with Crippen LogP contribution < -0.4 is 16.7 Å². The van der Waals surface area contributed by atoms with Gasteiger partial charge in [0.2, 0.25) is 6.41 Å². The summed E-state index contributed by atoms with van der Waals surface area (Å²) in [6.07, 6.45) is 2.36. The second-order valence-corrected chi connectivity index (χ2v) is 4.49. The molecule has 1 rings (SSSR count). The van der Waals surface area contributed by atoms with Gasteiger partial charge in [0.25, 0.3) is 0 Å². The molecule has 0 unspecified atom stereocenters. The number of halogens is 1. The minimum absolute atomic E-state index is 0.146. The van der Waals surface area contributed by atoms with Gasteiger partial charge in [0.05, 0.1) is 12.3 Å². The molecule has 0 aliphatic rings. The van der Waals surface area contributed by atoms with E-state index in [-0.39, 0.29) is 12.4 Å². The molecule has 0 saturated heterocycles. The normalized spacial score (nSPS) is 9.42. The summed E-state index contributed by atoms with van der Waals surface area (Å²) in [5.41, 5.74) is 1.17. The summed E-state index contributed by atoms with van der Waals surface area (Å²) in [6, 6.07) is 2.70. The first-order valence-electron chi connectivity index (χ1n) is 5.25. The Morgan fingerprint density at radius 2 is 1.95 bits per heavy atom. The number of carbonyl (C=O) groups is 1. The van der Waals surface area contributed by atoms with E-state index < -0.39 is 0 Å². The molecular formula is C11H19FN4O2S. The zero-order valence-electron chi connectivity index (χ0n) is 11.1. The van der Waals surface area contributed by atoms with Crippen molar-refractivity contribution in [3.8, 4) is 0 Å². The fourth-order valence-electron chi connectivity index (χ4n) is 1.25. The van der Waals surface area contributed by atoms with Gasteiger partial charge in [0.15, 0.2) is 0 Å². The Hall–Kier alpha value is -1.35.